The summed E-state index contributed by atoms with van der Waals surface area (Å²) < 4.78 is 0.569. The second kappa shape index (κ2) is 8.47. The maximum absolute atomic E-state index is 12.0. The average Bonchev–Trinajstić information content (AvgIpc) is 2.58. The predicted molar refractivity (Wildman–Crippen MR) is 101 cm³/mol. The van der Waals surface area contributed by atoms with Crippen LogP contribution in [0.3, 0.4) is 0 Å². The molecule has 10 heteroatoms. The minimum Gasteiger partial charge on any atom is -0.507 e. The summed E-state index contributed by atoms with van der Waals surface area (Å²) in [5.41, 5.74) is 0.799. The van der Waals surface area contributed by atoms with Crippen LogP contribution in [-0.2, 0) is 11.2 Å². The maximum Gasteiger partial charge on any atom is 0.326 e. The third kappa shape index (κ3) is 5.31. The van der Waals surface area contributed by atoms with Gasteiger partial charge in [0.15, 0.2) is 0 Å². The Labute approximate surface area is 161 Å². The Morgan fingerprint density at radius 3 is 2.38 bits per heavy atom. The fourth-order valence-electron chi connectivity index (χ4n) is 2.11. The minimum atomic E-state index is -1.22. The first-order chi connectivity index (χ1) is 12.3. The number of anilines is 1. The largest absolute Gasteiger partial charge is 0.507 e. The van der Waals surface area contributed by atoms with Crippen LogP contribution >= 0.6 is 22.6 Å². The van der Waals surface area contributed by atoms with Crippen molar-refractivity contribution in [3.63, 3.8) is 0 Å². The SMILES string of the molecule is O=C(Nc1ccc([N+](=O)[O-])cc1)NC(Cc1ccc(O)c(I)c1)C(=O)O. The molecule has 0 bridgehead atoms. The van der Waals surface area contributed by atoms with E-state index in [0.29, 0.717) is 9.13 Å². The zero-order valence-corrected chi connectivity index (χ0v) is 15.3. The zero-order chi connectivity index (χ0) is 19.3. The normalized spacial score (nSPS) is 11.4. The van der Waals surface area contributed by atoms with Gasteiger partial charge in [0.1, 0.15) is 11.8 Å². The van der Waals surface area contributed by atoms with Gasteiger partial charge in [-0.2, -0.15) is 0 Å². The van der Waals surface area contributed by atoms with Crippen LogP contribution in [0, 0.1) is 13.7 Å². The van der Waals surface area contributed by atoms with E-state index < -0.39 is 23.0 Å². The Balaban J connectivity index is 2.02. The van der Waals surface area contributed by atoms with Crippen LogP contribution in [0.1, 0.15) is 5.56 Å². The van der Waals surface area contributed by atoms with Crippen LogP contribution in [0.15, 0.2) is 42.5 Å². The van der Waals surface area contributed by atoms with Crippen molar-refractivity contribution in [2.75, 3.05) is 5.32 Å². The van der Waals surface area contributed by atoms with Crippen molar-refractivity contribution in [3.8, 4) is 5.75 Å². The predicted octanol–water partition coefficient (Wildman–Crippen LogP) is 2.72. The van der Waals surface area contributed by atoms with E-state index in [1.165, 1.54) is 30.3 Å². The third-order valence-electron chi connectivity index (χ3n) is 3.39. The number of nitrogens with one attached hydrogen (secondary N) is 2. The van der Waals surface area contributed by atoms with Crippen LogP contribution in [0.5, 0.6) is 5.75 Å². The molecule has 0 spiro atoms. The van der Waals surface area contributed by atoms with E-state index in [9.17, 15) is 29.9 Å². The summed E-state index contributed by atoms with van der Waals surface area (Å²) in [5, 5.41) is 34.2. The van der Waals surface area contributed by atoms with Gasteiger partial charge in [0.25, 0.3) is 5.69 Å². The number of rotatable bonds is 6. The highest BCUT2D eigenvalue weighted by atomic mass is 127. The van der Waals surface area contributed by atoms with Crippen LogP contribution < -0.4 is 10.6 Å². The Kier molecular flexibility index (Phi) is 6.33. The lowest BCUT2D eigenvalue weighted by Crippen LogP contribution is -2.44. The second-order valence-electron chi connectivity index (χ2n) is 5.28. The number of nitro groups is 1. The Morgan fingerprint density at radius 1 is 1.19 bits per heavy atom. The first-order valence-corrected chi connectivity index (χ1v) is 8.36. The number of amides is 2. The van der Waals surface area contributed by atoms with Crippen LogP contribution in [0.25, 0.3) is 0 Å². The molecule has 4 N–H and O–H groups in total. The summed E-state index contributed by atoms with van der Waals surface area (Å²) in [6.07, 6.45) is 0.0271. The van der Waals surface area contributed by atoms with Gasteiger partial charge in [0, 0.05) is 24.2 Å². The van der Waals surface area contributed by atoms with E-state index in [-0.39, 0.29) is 23.5 Å². The highest BCUT2D eigenvalue weighted by Crippen LogP contribution is 2.21. The summed E-state index contributed by atoms with van der Waals surface area (Å²) in [6, 6.07) is 7.85. The Bertz CT molecular complexity index is 840. The molecular formula is C16H14IN3O6. The van der Waals surface area contributed by atoms with Crippen LogP contribution in [0.4, 0.5) is 16.2 Å². The molecule has 136 valence electrons. The lowest BCUT2D eigenvalue weighted by Gasteiger charge is -2.15. The highest BCUT2D eigenvalue weighted by Gasteiger charge is 2.21. The molecule has 0 saturated heterocycles. The van der Waals surface area contributed by atoms with E-state index >= 15 is 0 Å². The number of aliphatic carboxylic acids is 1. The number of urea groups is 1. The second-order valence-corrected chi connectivity index (χ2v) is 6.45. The summed E-state index contributed by atoms with van der Waals surface area (Å²) in [6.45, 7) is 0. The molecule has 0 fully saturated rings. The summed E-state index contributed by atoms with van der Waals surface area (Å²) >= 11 is 1.92. The first kappa shape index (κ1) is 19.4. The molecule has 0 aliphatic heterocycles. The number of halogens is 1. The minimum absolute atomic E-state index is 0.0271. The van der Waals surface area contributed by atoms with Gasteiger partial charge < -0.3 is 20.8 Å². The third-order valence-corrected chi connectivity index (χ3v) is 4.26. The standard InChI is InChI=1S/C16H14IN3O6/c17-12-7-9(1-6-14(12)21)8-13(15(22)23)19-16(24)18-10-2-4-11(5-3-10)20(25)26/h1-7,13,21H,8H2,(H,22,23)(H2,18,19,24). The van der Waals surface area contributed by atoms with Crippen molar-refractivity contribution in [2.45, 2.75) is 12.5 Å². The van der Waals surface area contributed by atoms with Crippen molar-refractivity contribution >= 4 is 46.0 Å². The van der Waals surface area contributed by atoms with Crippen molar-refractivity contribution < 1.29 is 24.7 Å². The number of benzene rings is 2. The molecule has 26 heavy (non-hydrogen) atoms. The van der Waals surface area contributed by atoms with E-state index in [4.69, 9.17) is 0 Å². The summed E-state index contributed by atoms with van der Waals surface area (Å²) in [4.78, 5) is 33.4. The van der Waals surface area contributed by atoms with Gasteiger partial charge in [-0.15, -0.1) is 0 Å². The van der Waals surface area contributed by atoms with E-state index in [1.54, 1.807) is 12.1 Å². The topological polar surface area (TPSA) is 142 Å². The van der Waals surface area contributed by atoms with Crippen LogP contribution in [-0.4, -0.2) is 33.2 Å². The number of non-ortho nitro benzene ring substituents is 1. The molecule has 0 aliphatic carbocycles. The molecular weight excluding hydrogens is 457 g/mol. The molecule has 0 heterocycles. The maximum atomic E-state index is 12.0. The quantitative estimate of drug-likeness (QED) is 0.290. The van der Waals surface area contributed by atoms with E-state index in [0.717, 1.165) is 0 Å². The lowest BCUT2D eigenvalue weighted by molar-refractivity contribution is -0.384. The van der Waals surface area contributed by atoms with Crippen molar-refractivity contribution in [1.82, 2.24) is 5.32 Å². The number of carbonyl (C=O) groups excluding carboxylic acids is 1. The molecule has 0 aromatic heterocycles. The van der Waals surface area contributed by atoms with Crippen LogP contribution in [0.2, 0.25) is 0 Å². The fraction of sp³-hybridized carbons (Fsp3) is 0.125. The van der Waals surface area contributed by atoms with Gasteiger partial charge in [0.2, 0.25) is 0 Å². The lowest BCUT2D eigenvalue weighted by atomic mass is 10.1. The van der Waals surface area contributed by atoms with Crippen molar-refractivity contribution in [3.05, 3.63) is 61.7 Å². The van der Waals surface area contributed by atoms with Gasteiger partial charge in [-0.1, -0.05) is 6.07 Å². The average molecular weight is 471 g/mol. The van der Waals surface area contributed by atoms with Gasteiger partial charge in [-0.25, -0.2) is 9.59 Å². The number of carboxylic acids is 1. The molecule has 2 aromatic carbocycles. The number of aromatic hydroxyl groups is 1. The Hall–Kier alpha value is -2.89. The number of hydrogen-bond acceptors (Lipinski definition) is 5. The molecule has 0 radical (unpaired) electrons. The molecule has 0 aliphatic rings. The zero-order valence-electron chi connectivity index (χ0n) is 13.2. The number of phenolic OH excluding ortho intramolecular Hbond substituents is 1. The first-order valence-electron chi connectivity index (χ1n) is 7.28. The summed E-state index contributed by atoms with van der Waals surface area (Å²) in [5.74, 6) is -1.13. The Morgan fingerprint density at radius 2 is 1.85 bits per heavy atom. The van der Waals surface area contributed by atoms with E-state index in [1.807, 2.05) is 22.6 Å². The molecule has 2 aromatic rings. The van der Waals surface area contributed by atoms with Gasteiger partial charge >= 0.3 is 12.0 Å². The van der Waals surface area contributed by atoms with Crippen molar-refractivity contribution in [1.29, 1.82) is 0 Å². The smallest absolute Gasteiger partial charge is 0.326 e. The molecule has 2 rings (SSSR count). The number of nitro benzene ring substituents is 1. The van der Waals surface area contributed by atoms with E-state index in [2.05, 4.69) is 10.6 Å². The fourth-order valence-corrected chi connectivity index (χ4v) is 2.68. The number of phenols is 1. The van der Waals surface area contributed by atoms with Gasteiger partial charge in [0.05, 0.1) is 8.49 Å². The summed E-state index contributed by atoms with van der Waals surface area (Å²) in [7, 11) is 0. The molecule has 0 saturated carbocycles. The number of carbonyl (C=O) groups is 2. The molecule has 1 unspecified atom stereocenters. The molecule has 1 atom stereocenters. The van der Waals surface area contributed by atoms with Gasteiger partial charge in [-0.3, -0.25) is 10.1 Å². The number of carboxylic acid groups (broad SMARTS) is 1. The highest BCUT2D eigenvalue weighted by molar-refractivity contribution is 14.1. The number of hydrogen-bond donors (Lipinski definition) is 4. The number of nitrogens with zero attached hydrogens (tertiary/aromatic N) is 1. The molecule has 9 nitrogen and oxygen atoms in total. The van der Waals surface area contributed by atoms with Gasteiger partial charge in [-0.05, 0) is 52.4 Å². The monoisotopic (exact) mass is 471 g/mol. The van der Waals surface area contributed by atoms with Crippen molar-refractivity contribution in [2.24, 2.45) is 0 Å². The molecule has 2 amide bonds.